The summed E-state index contributed by atoms with van der Waals surface area (Å²) in [6.07, 6.45) is 0.745. The second kappa shape index (κ2) is 5.98. The van der Waals surface area contributed by atoms with E-state index in [-0.39, 0.29) is 11.9 Å². The zero-order valence-electron chi connectivity index (χ0n) is 9.59. The third-order valence-electron chi connectivity index (χ3n) is 2.57. The maximum absolute atomic E-state index is 11.8. The van der Waals surface area contributed by atoms with E-state index in [0.717, 1.165) is 6.42 Å². The predicted molar refractivity (Wildman–Crippen MR) is 56.9 cm³/mol. The van der Waals surface area contributed by atoms with Crippen LogP contribution < -0.4 is 11.1 Å². The van der Waals surface area contributed by atoms with Crippen molar-refractivity contribution in [3.63, 3.8) is 0 Å². The van der Waals surface area contributed by atoms with Gasteiger partial charge in [-0.3, -0.25) is 4.79 Å². The van der Waals surface area contributed by atoms with E-state index in [0.29, 0.717) is 13.2 Å². The molecule has 3 N–H and O–H groups in total. The summed E-state index contributed by atoms with van der Waals surface area (Å²) in [7, 11) is 1.62. The van der Waals surface area contributed by atoms with Crippen molar-refractivity contribution < 1.29 is 9.53 Å². The molecule has 0 saturated carbocycles. The van der Waals surface area contributed by atoms with E-state index >= 15 is 0 Å². The smallest absolute Gasteiger partial charge is 0.227 e. The number of ether oxygens (including phenoxy) is 1. The van der Waals surface area contributed by atoms with E-state index in [2.05, 4.69) is 5.32 Å². The first-order valence-electron chi connectivity index (χ1n) is 5.00. The molecule has 0 rings (SSSR count). The summed E-state index contributed by atoms with van der Waals surface area (Å²) in [5.74, 6) is 0.00653. The number of nitrogens with one attached hydrogen (secondary N) is 1. The number of hydrogen-bond donors (Lipinski definition) is 2. The minimum Gasteiger partial charge on any atom is -0.383 e. The second-order valence-electron chi connectivity index (χ2n) is 3.95. The quantitative estimate of drug-likeness (QED) is 0.659. The molecule has 2 atom stereocenters. The molecule has 0 radical (unpaired) electrons. The van der Waals surface area contributed by atoms with Crippen LogP contribution in [0.3, 0.4) is 0 Å². The fraction of sp³-hybridized carbons (Fsp3) is 0.900. The molecule has 0 aromatic carbocycles. The normalized spacial score (nSPS) is 17.2. The first-order chi connectivity index (χ1) is 6.50. The van der Waals surface area contributed by atoms with Gasteiger partial charge in [0.05, 0.1) is 12.0 Å². The van der Waals surface area contributed by atoms with Crippen LogP contribution in [0, 0.1) is 5.41 Å². The molecule has 1 amide bonds. The van der Waals surface area contributed by atoms with Crippen LogP contribution >= 0.6 is 0 Å². The fourth-order valence-corrected chi connectivity index (χ4v) is 1.09. The topological polar surface area (TPSA) is 64.4 Å². The molecule has 0 heterocycles. The molecule has 2 unspecified atom stereocenters. The van der Waals surface area contributed by atoms with Crippen LogP contribution in [-0.4, -0.2) is 32.2 Å². The summed E-state index contributed by atoms with van der Waals surface area (Å²) in [5, 5.41) is 2.88. The molecule has 0 bridgehead atoms. The van der Waals surface area contributed by atoms with Gasteiger partial charge in [0.1, 0.15) is 0 Å². The summed E-state index contributed by atoms with van der Waals surface area (Å²) in [4.78, 5) is 11.8. The Balaban J connectivity index is 4.18. The Hall–Kier alpha value is -0.610. The third kappa shape index (κ3) is 3.64. The molecule has 0 saturated heterocycles. The first kappa shape index (κ1) is 13.4. The third-order valence-corrected chi connectivity index (χ3v) is 2.57. The van der Waals surface area contributed by atoms with Crippen molar-refractivity contribution >= 4 is 5.91 Å². The molecule has 14 heavy (non-hydrogen) atoms. The maximum atomic E-state index is 11.8. The van der Waals surface area contributed by atoms with Crippen molar-refractivity contribution in [1.29, 1.82) is 0 Å². The Morgan fingerprint density at radius 1 is 1.64 bits per heavy atom. The van der Waals surface area contributed by atoms with Gasteiger partial charge < -0.3 is 15.8 Å². The van der Waals surface area contributed by atoms with Crippen LogP contribution in [0.1, 0.15) is 27.2 Å². The van der Waals surface area contributed by atoms with Crippen molar-refractivity contribution in [1.82, 2.24) is 5.32 Å². The summed E-state index contributed by atoms with van der Waals surface area (Å²) in [5.41, 5.74) is 5.12. The molecular formula is C10H22N2O2. The van der Waals surface area contributed by atoms with E-state index in [1.807, 2.05) is 20.8 Å². The average Bonchev–Trinajstić information content (AvgIpc) is 2.16. The average molecular weight is 202 g/mol. The van der Waals surface area contributed by atoms with Crippen LogP contribution in [-0.2, 0) is 9.53 Å². The molecule has 0 aliphatic heterocycles. The van der Waals surface area contributed by atoms with Crippen molar-refractivity contribution in [3.8, 4) is 0 Å². The summed E-state index contributed by atoms with van der Waals surface area (Å²) in [6.45, 7) is 6.65. The lowest BCUT2D eigenvalue weighted by atomic mass is 9.86. The predicted octanol–water partition coefficient (Wildman–Crippen LogP) is 0.513. The van der Waals surface area contributed by atoms with Crippen LogP contribution in [0.5, 0.6) is 0 Å². The van der Waals surface area contributed by atoms with E-state index in [9.17, 15) is 4.79 Å². The fourth-order valence-electron chi connectivity index (χ4n) is 1.09. The second-order valence-corrected chi connectivity index (χ2v) is 3.95. The lowest BCUT2D eigenvalue weighted by molar-refractivity contribution is -0.130. The molecule has 0 aliphatic rings. The zero-order chi connectivity index (χ0) is 11.2. The highest BCUT2D eigenvalue weighted by Crippen LogP contribution is 2.19. The molecule has 84 valence electrons. The summed E-state index contributed by atoms with van der Waals surface area (Å²) < 4.78 is 4.94. The first-order valence-corrected chi connectivity index (χ1v) is 5.00. The number of amides is 1. The highest BCUT2D eigenvalue weighted by Gasteiger charge is 2.30. The summed E-state index contributed by atoms with van der Waals surface area (Å²) >= 11 is 0. The number of hydrogen-bond acceptors (Lipinski definition) is 3. The van der Waals surface area contributed by atoms with Gasteiger partial charge in [0.2, 0.25) is 5.91 Å². The Labute approximate surface area is 86.2 Å². The standard InChI is InChI=1S/C10H22N2O2/c1-5-10(3,7-11)9(13)12-8(2)6-14-4/h8H,5-7,11H2,1-4H3,(H,12,13). The number of carbonyl (C=O) groups is 1. The van der Waals surface area contributed by atoms with Gasteiger partial charge in [-0.05, 0) is 20.3 Å². The van der Waals surface area contributed by atoms with E-state index in [1.54, 1.807) is 7.11 Å². The molecular weight excluding hydrogens is 180 g/mol. The summed E-state index contributed by atoms with van der Waals surface area (Å²) in [6, 6.07) is 0.0323. The van der Waals surface area contributed by atoms with Crippen molar-refractivity contribution in [3.05, 3.63) is 0 Å². The maximum Gasteiger partial charge on any atom is 0.227 e. The van der Waals surface area contributed by atoms with Crippen LogP contribution in [0.15, 0.2) is 0 Å². The molecule has 4 nitrogen and oxygen atoms in total. The Morgan fingerprint density at radius 3 is 2.57 bits per heavy atom. The van der Waals surface area contributed by atoms with Crippen LogP contribution in [0.4, 0.5) is 0 Å². The number of carbonyl (C=O) groups excluding carboxylic acids is 1. The van der Waals surface area contributed by atoms with Gasteiger partial charge in [0.15, 0.2) is 0 Å². The van der Waals surface area contributed by atoms with Gasteiger partial charge >= 0.3 is 0 Å². The lowest BCUT2D eigenvalue weighted by Gasteiger charge is -2.27. The molecule has 4 heteroatoms. The number of methoxy groups -OCH3 is 1. The zero-order valence-corrected chi connectivity index (χ0v) is 9.59. The van der Waals surface area contributed by atoms with E-state index in [1.165, 1.54) is 0 Å². The van der Waals surface area contributed by atoms with E-state index < -0.39 is 5.41 Å². The molecule has 0 aromatic rings. The Kier molecular flexibility index (Phi) is 5.72. The highest BCUT2D eigenvalue weighted by molar-refractivity contribution is 5.82. The Bertz CT molecular complexity index is 179. The van der Waals surface area contributed by atoms with Crippen LogP contribution in [0.25, 0.3) is 0 Å². The van der Waals surface area contributed by atoms with Gasteiger partial charge in [-0.15, -0.1) is 0 Å². The van der Waals surface area contributed by atoms with Gasteiger partial charge in [-0.25, -0.2) is 0 Å². The van der Waals surface area contributed by atoms with Crippen LogP contribution in [0.2, 0.25) is 0 Å². The molecule has 0 aliphatic carbocycles. The van der Waals surface area contributed by atoms with Gasteiger partial charge in [0.25, 0.3) is 0 Å². The molecule has 0 spiro atoms. The largest absolute Gasteiger partial charge is 0.383 e. The Morgan fingerprint density at radius 2 is 2.21 bits per heavy atom. The van der Waals surface area contributed by atoms with Crippen molar-refractivity contribution in [2.45, 2.75) is 33.2 Å². The minimum atomic E-state index is -0.456. The number of rotatable bonds is 6. The monoisotopic (exact) mass is 202 g/mol. The number of nitrogens with two attached hydrogens (primary N) is 1. The highest BCUT2D eigenvalue weighted by atomic mass is 16.5. The van der Waals surface area contributed by atoms with Crippen molar-refractivity contribution in [2.24, 2.45) is 11.1 Å². The van der Waals surface area contributed by atoms with Gasteiger partial charge in [-0.1, -0.05) is 6.92 Å². The SMILES string of the molecule is CCC(C)(CN)C(=O)NC(C)COC. The molecule has 0 fully saturated rings. The molecule has 0 aromatic heterocycles. The van der Waals surface area contributed by atoms with Crippen molar-refractivity contribution in [2.75, 3.05) is 20.3 Å². The van der Waals surface area contributed by atoms with E-state index in [4.69, 9.17) is 10.5 Å². The van der Waals surface area contributed by atoms with Gasteiger partial charge in [-0.2, -0.15) is 0 Å². The minimum absolute atomic E-state index is 0.00653. The van der Waals surface area contributed by atoms with Gasteiger partial charge in [0, 0.05) is 19.7 Å². The lowest BCUT2D eigenvalue weighted by Crippen LogP contribution is -2.47.